The zero-order chi connectivity index (χ0) is 18.9. The van der Waals surface area contributed by atoms with Crippen LogP contribution in [0.4, 0.5) is 0 Å². The maximum atomic E-state index is 12.5. The van der Waals surface area contributed by atoms with E-state index in [1.54, 1.807) is 0 Å². The number of halogens is 1. The first kappa shape index (κ1) is 17.9. The van der Waals surface area contributed by atoms with Crippen molar-refractivity contribution in [3.63, 3.8) is 0 Å². The van der Waals surface area contributed by atoms with Crippen molar-refractivity contribution >= 4 is 54.9 Å². The van der Waals surface area contributed by atoms with E-state index in [4.69, 9.17) is 9.85 Å². The van der Waals surface area contributed by atoms with E-state index < -0.39 is 16.6 Å². The Bertz CT molecular complexity index is 996. The molecule has 3 nitrogen and oxygen atoms in total. The summed E-state index contributed by atoms with van der Waals surface area (Å²) in [6, 6.07) is 8.28. The molecule has 134 valence electrons. The number of nitrogens with two attached hydrogens (primary N) is 1. The molecule has 0 radical (unpaired) electrons. The van der Waals surface area contributed by atoms with Crippen LogP contribution in [0.3, 0.4) is 0 Å². The number of benzene rings is 2. The molecule has 0 fully saturated rings. The molecule has 0 spiro atoms. The minimum atomic E-state index is -2.21. The topological polar surface area (TPSA) is 52.3 Å². The summed E-state index contributed by atoms with van der Waals surface area (Å²) < 4.78 is 7.84. The molecule has 1 heterocycles. The summed E-state index contributed by atoms with van der Waals surface area (Å²) in [5.41, 5.74) is 11.0. The van der Waals surface area contributed by atoms with Crippen LogP contribution < -0.4 is 16.1 Å². The molecule has 0 unspecified atom stereocenters. The first-order valence-corrected chi connectivity index (χ1v) is 15.4. The van der Waals surface area contributed by atoms with Crippen molar-refractivity contribution in [1.82, 2.24) is 0 Å². The molecular formula is C20H22BrNO2Si2. The van der Waals surface area contributed by atoms with Crippen LogP contribution in [0.25, 0.3) is 17.2 Å². The fourth-order valence-corrected chi connectivity index (χ4v) is 16.3. The van der Waals surface area contributed by atoms with E-state index in [1.807, 2.05) is 6.07 Å². The number of primary amides is 1. The molecule has 2 bridgehead atoms. The van der Waals surface area contributed by atoms with Gasteiger partial charge in [-0.3, -0.25) is 4.79 Å². The molecule has 2 aromatic carbocycles. The highest BCUT2D eigenvalue weighted by molar-refractivity contribution is 9.10. The summed E-state index contributed by atoms with van der Waals surface area (Å²) in [5.74, 6) is -0.369. The second-order valence-electron chi connectivity index (χ2n) is 8.01. The van der Waals surface area contributed by atoms with Crippen LogP contribution in [0.15, 0.2) is 34.8 Å². The van der Waals surface area contributed by atoms with Gasteiger partial charge in [0.25, 0.3) is 0 Å². The van der Waals surface area contributed by atoms with E-state index in [2.05, 4.69) is 72.5 Å². The fraction of sp³-hybridized carbons (Fsp3) is 0.250. The Balaban J connectivity index is 2.16. The Morgan fingerprint density at radius 2 is 1.92 bits per heavy atom. The number of fused-ring (bicyclic) bond motifs is 3. The molecule has 4 rings (SSSR count). The Labute approximate surface area is 164 Å². The highest BCUT2D eigenvalue weighted by Gasteiger charge is 2.46. The van der Waals surface area contributed by atoms with Gasteiger partial charge in [0.15, 0.2) is 0 Å². The quantitative estimate of drug-likeness (QED) is 0.720. The molecule has 0 aromatic heterocycles. The van der Waals surface area contributed by atoms with E-state index in [0.717, 1.165) is 32.4 Å². The van der Waals surface area contributed by atoms with Crippen LogP contribution >= 0.6 is 15.9 Å². The molecule has 26 heavy (non-hydrogen) atoms. The normalized spacial score (nSPS) is 18.7. The molecule has 0 saturated heterocycles. The lowest BCUT2D eigenvalue weighted by Crippen LogP contribution is -2.65. The Morgan fingerprint density at radius 3 is 2.62 bits per heavy atom. The van der Waals surface area contributed by atoms with Gasteiger partial charge in [-0.2, -0.15) is 0 Å². The molecule has 0 atom stereocenters. The molecule has 2 N–H and O–H groups in total. The van der Waals surface area contributed by atoms with Crippen LogP contribution in [0.5, 0.6) is 0 Å². The molecule has 1 amide bonds. The SMILES string of the molecule is C[Si]1(C)O[Si](C)(C)c2c(Br)c1cc(C(N)=O)c2-c1cccc2c1C=CC2. The van der Waals surface area contributed by atoms with Crippen LogP contribution in [-0.2, 0) is 10.5 Å². The van der Waals surface area contributed by atoms with Crippen molar-refractivity contribution < 1.29 is 8.91 Å². The van der Waals surface area contributed by atoms with Crippen LogP contribution in [-0.4, -0.2) is 22.5 Å². The third kappa shape index (κ3) is 2.51. The summed E-state index contributed by atoms with van der Waals surface area (Å²) >= 11 is 3.87. The molecule has 1 aliphatic carbocycles. The highest BCUT2D eigenvalue weighted by atomic mass is 79.9. The van der Waals surface area contributed by atoms with Gasteiger partial charge in [0.2, 0.25) is 22.5 Å². The zero-order valence-electron chi connectivity index (χ0n) is 15.4. The van der Waals surface area contributed by atoms with Gasteiger partial charge >= 0.3 is 0 Å². The number of allylic oxidation sites excluding steroid dienone is 1. The maximum Gasteiger partial charge on any atom is 0.249 e. The first-order valence-electron chi connectivity index (χ1n) is 8.80. The van der Waals surface area contributed by atoms with Crippen molar-refractivity contribution in [3.8, 4) is 11.1 Å². The second-order valence-corrected chi connectivity index (χ2v) is 16.7. The molecular weight excluding hydrogens is 422 g/mol. The summed E-state index contributed by atoms with van der Waals surface area (Å²) in [4.78, 5) is 12.5. The van der Waals surface area contributed by atoms with Gasteiger partial charge in [0.05, 0.1) is 0 Å². The lowest BCUT2D eigenvalue weighted by atomic mass is 9.93. The van der Waals surface area contributed by atoms with Gasteiger partial charge in [-0.15, -0.1) is 0 Å². The highest BCUT2D eigenvalue weighted by Crippen LogP contribution is 2.37. The number of hydrogen-bond acceptors (Lipinski definition) is 2. The van der Waals surface area contributed by atoms with Crippen LogP contribution in [0.1, 0.15) is 21.5 Å². The predicted octanol–water partition coefficient (Wildman–Crippen LogP) is 3.64. The van der Waals surface area contributed by atoms with E-state index >= 15 is 0 Å². The van der Waals surface area contributed by atoms with E-state index in [9.17, 15) is 4.79 Å². The average molecular weight is 444 g/mol. The lowest BCUT2D eigenvalue weighted by Gasteiger charge is -2.43. The summed E-state index contributed by atoms with van der Waals surface area (Å²) in [6.07, 6.45) is 5.25. The van der Waals surface area contributed by atoms with E-state index in [1.165, 1.54) is 11.1 Å². The van der Waals surface area contributed by atoms with E-state index in [0.29, 0.717) is 5.56 Å². The predicted molar refractivity (Wildman–Crippen MR) is 116 cm³/mol. The number of hydrogen-bond donors (Lipinski definition) is 1. The second kappa shape index (κ2) is 5.76. The summed E-state index contributed by atoms with van der Waals surface area (Å²) in [7, 11) is -4.30. The zero-order valence-corrected chi connectivity index (χ0v) is 19.0. The minimum Gasteiger partial charge on any atom is -0.449 e. The fourth-order valence-electron chi connectivity index (χ4n) is 4.39. The molecule has 6 heteroatoms. The Kier molecular flexibility index (Phi) is 3.97. The lowest BCUT2D eigenvalue weighted by molar-refractivity contribution is 0.100. The van der Waals surface area contributed by atoms with Crippen molar-refractivity contribution in [2.45, 2.75) is 32.6 Å². The monoisotopic (exact) mass is 443 g/mol. The smallest absolute Gasteiger partial charge is 0.249 e. The Hall–Kier alpha value is -1.48. The van der Waals surface area contributed by atoms with Gasteiger partial charge in [-0.25, -0.2) is 0 Å². The summed E-state index contributed by atoms with van der Waals surface area (Å²) in [5, 5.41) is 2.28. The van der Waals surface area contributed by atoms with Gasteiger partial charge in [-0.05, 0) is 71.3 Å². The molecule has 1 aliphatic heterocycles. The van der Waals surface area contributed by atoms with E-state index in [-0.39, 0.29) is 5.91 Å². The molecule has 0 saturated carbocycles. The number of amides is 1. The Morgan fingerprint density at radius 1 is 1.19 bits per heavy atom. The van der Waals surface area contributed by atoms with Gasteiger partial charge < -0.3 is 9.85 Å². The maximum absolute atomic E-state index is 12.5. The number of carbonyl (C=O) groups is 1. The number of rotatable bonds is 2. The summed E-state index contributed by atoms with van der Waals surface area (Å²) in [6.45, 7) is 8.83. The van der Waals surface area contributed by atoms with Gasteiger partial charge in [-0.1, -0.05) is 46.3 Å². The first-order chi connectivity index (χ1) is 12.1. The van der Waals surface area contributed by atoms with Gasteiger partial charge in [0.1, 0.15) is 0 Å². The standard InChI is InChI=1S/C20H22BrNO2Si2/c1-25(2)16-11-15(20(22)23)17(19(18(16)21)26(3,4)24-25)14-10-6-8-12-7-5-9-13(12)14/h5-6,8-11H,7H2,1-4H3,(H2,22,23). The van der Waals surface area contributed by atoms with Crippen molar-refractivity contribution in [2.24, 2.45) is 5.73 Å². The molecule has 2 aromatic rings. The van der Waals surface area contributed by atoms with Crippen molar-refractivity contribution in [1.29, 1.82) is 0 Å². The van der Waals surface area contributed by atoms with Crippen LogP contribution in [0, 0.1) is 0 Å². The number of carbonyl (C=O) groups excluding carboxylic acids is 1. The third-order valence-corrected chi connectivity index (χ3v) is 14.4. The average Bonchev–Trinajstić information content (AvgIpc) is 2.99. The minimum absolute atomic E-state index is 0.369. The van der Waals surface area contributed by atoms with Crippen molar-refractivity contribution in [3.05, 3.63) is 51.5 Å². The third-order valence-electron chi connectivity index (χ3n) is 5.38. The molecule has 2 aliphatic rings. The largest absolute Gasteiger partial charge is 0.449 e. The van der Waals surface area contributed by atoms with Crippen LogP contribution in [0.2, 0.25) is 26.2 Å². The van der Waals surface area contributed by atoms with Gasteiger partial charge in [0, 0.05) is 10.0 Å². The van der Waals surface area contributed by atoms with Crippen molar-refractivity contribution in [2.75, 3.05) is 0 Å².